The Bertz CT molecular complexity index is 613. The number of fused-ring (bicyclic) bond motifs is 1. The number of hydrogen-bond acceptors (Lipinski definition) is 5. The molecular weight excluding hydrogens is 216 g/mol. The summed E-state index contributed by atoms with van der Waals surface area (Å²) in [6.07, 6.45) is 3.19. The van der Waals surface area contributed by atoms with Crippen molar-refractivity contribution in [3.8, 4) is 0 Å². The highest BCUT2D eigenvalue weighted by molar-refractivity contribution is 5.90. The summed E-state index contributed by atoms with van der Waals surface area (Å²) in [6, 6.07) is 7.86. The summed E-state index contributed by atoms with van der Waals surface area (Å²) in [5.74, 6) is 0.783. The number of H-pyrrole nitrogens is 1. The summed E-state index contributed by atoms with van der Waals surface area (Å²) >= 11 is 0. The van der Waals surface area contributed by atoms with Gasteiger partial charge in [-0.1, -0.05) is 18.2 Å². The molecule has 2 aromatic heterocycles. The van der Waals surface area contributed by atoms with Crippen molar-refractivity contribution in [3.63, 3.8) is 0 Å². The van der Waals surface area contributed by atoms with Crippen molar-refractivity contribution in [2.24, 2.45) is 0 Å². The zero-order valence-corrected chi connectivity index (χ0v) is 8.96. The quantitative estimate of drug-likeness (QED) is 0.705. The Morgan fingerprint density at radius 3 is 3.06 bits per heavy atom. The average molecular weight is 226 g/mol. The third-order valence-electron chi connectivity index (χ3n) is 2.46. The molecule has 0 bridgehead atoms. The predicted molar refractivity (Wildman–Crippen MR) is 63.2 cm³/mol. The van der Waals surface area contributed by atoms with Crippen molar-refractivity contribution < 1.29 is 0 Å². The van der Waals surface area contributed by atoms with Gasteiger partial charge < -0.3 is 5.32 Å². The normalized spacial score (nSPS) is 10.6. The van der Waals surface area contributed by atoms with Gasteiger partial charge in [0.1, 0.15) is 12.2 Å². The Hall–Kier alpha value is -2.50. The van der Waals surface area contributed by atoms with E-state index in [0.717, 1.165) is 22.4 Å². The van der Waals surface area contributed by atoms with Crippen LogP contribution in [0.1, 0.15) is 5.82 Å². The number of nitrogens with one attached hydrogen (secondary N) is 2. The van der Waals surface area contributed by atoms with Crippen LogP contribution in [0, 0.1) is 0 Å². The lowest BCUT2D eigenvalue weighted by atomic mass is 10.2. The average Bonchev–Trinajstić information content (AvgIpc) is 2.89. The van der Waals surface area contributed by atoms with E-state index in [9.17, 15) is 0 Å². The predicted octanol–water partition coefficient (Wildman–Crippen LogP) is 1.36. The first-order chi connectivity index (χ1) is 8.43. The van der Waals surface area contributed by atoms with Gasteiger partial charge in [-0.15, -0.1) is 0 Å². The maximum atomic E-state index is 4.06. The first kappa shape index (κ1) is 9.71. The van der Waals surface area contributed by atoms with E-state index in [0.29, 0.717) is 6.54 Å². The molecule has 1 aromatic carbocycles. The monoisotopic (exact) mass is 226 g/mol. The molecule has 0 aliphatic heterocycles. The minimum atomic E-state index is 0.579. The largest absolute Gasteiger partial charge is 0.376 e. The first-order valence-electron chi connectivity index (χ1n) is 5.22. The molecule has 0 unspecified atom stereocenters. The smallest absolute Gasteiger partial charge is 0.143 e. The van der Waals surface area contributed by atoms with E-state index in [4.69, 9.17) is 0 Å². The summed E-state index contributed by atoms with van der Waals surface area (Å²) in [6.45, 7) is 0.579. The lowest BCUT2D eigenvalue weighted by Gasteiger charge is -2.06. The molecule has 0 radical (unpaired) electrons. The van der Waals surface area contributed by atoms with Crippen molar-refractivity contribution in [2.75, 3.05) is 5.32 Å². The summed E-state index contributed by atoms with van der Waals surface area (Å²) in [5, 5.41) is 18.9. The highest BCUT2D eigenvalue weighted by Crippen LogP contribution is 2.19. The highest BCUT2D eigenvalue weighted by Gasteiger charge is 2.02. The summed E-state index contributed by atoms with van der Waals surface area (Å²) in [7, 11) is 0. The fourth-order valence-corrected chi connectivity index (χ4v) is 1.64. The highest BCUT2D eigenvalue weighted by atomic mass is 15.2. The van der Waals surface area contributed by atoms with E-state index in [1.165, 1.54) is 6.33 Å². The van der Waals surface area contributed by atoms with Crippen molar-refractivity contribution in [2.45, 2.75) is 6.54 Å². The van der Waals surface area contributed by atoms with Crippen molar-refractivity contribution in [1.29, 1.82) is 0 Å². The number of aromatic amines is 1. The molecule has 17 heavy (non-hydrogen) atoms. The van der Waals surface area contributed by atoms with Crippen LogP contribution in [0.15, 0.2) is 36.8 Å². The van der Waals surface area contributed by atoms with Crippen molar-refractivity contribution in [1.82, 2.24) is 25.4 Å². The summed E-state index contributed by atoms with van der Waals surface area (Å²) in [4.78, 5) is 4.05. The second-order valence-corrected chi connectivity index (χ2v) is 3.56. The van der Waals surface area contributed by atoms with Crippen LogP contribution < -0.4 is 5.32 Å². The lowest BCUT2D eigenvalue weighted by Crippen LogP contribution is -2.02. The van der Waals surface area contributed by atoms with Crippen LogP contribution in [0.5, 0.6) is 0 Å². The molecule has 84 valence electrons. The topological polar surface area (TPSA) is 79.4 Å². The van der Waals surface area contributed by atoms with Crippen molar-refractivity contribution >= 4 is 16.6 Å². The second kappa shape index (κ2) is 4.17. The van der Waals surface area contributed by atoms with Crippen LogP contribution in [0.2, 0.25) is 0 Å². The van der Waals surface area contributed by atoms with Gasteiger partial charge in [-0.2, -0.15) is 15.3 Å². The maximum absolute atomic E-state index is 4.06. The SMILES string of the molecule is c1ccc2c(NCc3ncn[nH]3)cnnc2c1. The van der Waals surface area contributed by atoms with Gasteiger partial charge in [0, 0.05) is 5.39 Å². The number of rotatable bonds is 3. The first-order valence-corrected chi connectivity index (χ1v) is 5.22. The molecular formula is C11H10N6. The van der Waals surface area contributed by atoms with Gasteiger partial charge in [0.15, 0.2) is 0 Å². The molecule has 0 spiro atoms. The van der Waals surface area contributed by atoms with E-state index < -0.39 is 0 Å². The van der Waals surface area contributed by atoms with Crippen LogP contribution in [0.3, 0.4) is 0 Å². The van der Waals surface area contributed by atoms with Gasteiger partial charge >= 0.3 is 0 Å². The fraction of sp³-hybridized carbons (Fsp3) is 0.0909. The van der Waals surface area contributed by atoms with Crippen molar-refractivity contribution in [3.05, 3.63) is 42.6 Å². The lowest BCUT2D eigenvalue weighted by molar-refractivity contribution is 0.951. The number of benzene rings is 1. The Kier molecular flexibility index (Phi) is 2.38. The molecule has 3 aromatic rings. The Labute approximate surface area is 97.1 Å². The Morgan fingerprint density at radius 1 is 1.24 bits per heavy atom. The van der Waals surface area contributed by atoms with Gasteiger partial charge in [0.2, 0.25) is 0 Å². The molecule has 0 aliphatic rings. The van der Waals surface area contributed by atoms with Crippen LogP contribution >= 0.6 is 0 Å². The summed E-state index contributed by atoms with van der Waals surface area (Å²) < 4.78 is 0. The number of aromatic nitrogens is 5. The molecule has 6 heteroatoms. The van der Waals surface area contributed by atoms with E-state index in [-0.39, 0.29) is 0 Å². The van der Waals surface area contributed by atoms with Gasteiger partial charge in [-0.05, 0) is 6.07 Å². The summed E-state index contributed by atoms with van der Waals surface area (Å²) in [5.41, 5.74) is 1.81. The molecule has 0 saturated carbocycles. The van der Waals surface area contributed by atoms with Gasteiger partial charge in [-0.25, -0.2) is 4.98 Å². The number of nitrogens with zero attached hydrogens (tertiary/aromatic N) is 4. The second-order valence-electron chi connectivity index (χ2n) is 3.56. The van der Waals surface area contributed by atoms with E-state index in [2.05, 4.69) is 30.7 Å². The zero-order chi connectivity index (χ0) is 11.5. The number of anilines is 1. The fourth-order valence-electron chi connectivity index (χ4n) is 1.64. The Morgan fingerprint density at radius 2 is 2.18 bits per heavy atom. The molecule has 2 N–H and O–H groups in total. The van der Waals surface area contributed by atoms with E-state index in [1.807, 2.05) is 24.3 Å². The van der Waals surface area contributed by atoms with Crippen LogP contribution in [-0.2, 0) is 6.54 Å². The van der Waals surface area contributed by atoms with Crippen LogP contribution in [-0.4, -0.2) is 25.4 Å². The van der Waals surface area contributed by atoms with Gasteiger partial charge in [-0.3, -0.25) is 5.10 Å². The third kappa shape index (κ3) is 1.92. The molecule has 0 aliphatic carbocycles. The van der Waals surface area contributed by atoms with Gasteiger partial charge in [0.25, 0.3) is 0 Å². The molecule has 2 heterocycles. The molecule has 0 amide bonds. The number of hydrogen-bond donors (Lipinski definition) is 2. The van der Waals surface area contributed by atoms with E-state index >= 15 is 0 Å². The van der Waals surface area contributed by atoms with Crippen LogP contribution in [0.25, 0.3) is 10.9 Å². The minimum absolute atomic E-state index is 0.579. The Balaban J connectivity index is 1.90. The third-order valence-corrected chi connectivity index (χ3v) is 2.46. The molecule has 0 fully saturated rings. The minimum Gasteiger partial charge on any atom is -0.376 e. The molecule has 3 rings (SSSR count). The standard InChI is InChI=1S/C11H10N6/c1-2-4-9-8(3-1)10(5-14-16-9)12-6-11-13-7-15-17-11/h1-5,7H,6H2,(H,12,16)(H,13,15,17). The van der Waals surface area contributed by atoms with E-state index in [1.54, 1.807) is 6.20 Å². The van der Waals surface area contributed by atoms with Crippen LogP contribution in [0.4, 0.5) is 5.69 Å². The zero-order valence-electron chi connectivity index (χ0n) is 8.96. The molecule has 0 saturated heterocycles. The van der Waals surface area contributed by atoms with Gasteiger partial charge in [0.05, 0.1) is 23.9 Å². The molecule has 0 atom stereocenters. The molecule has 6 nitrogen and oxygen atoms in total. The maximum Gasteiger partial charge on any atom is 0.143 e.